The van der Waals surface area contributed by atoms with Gasteiger partial charge in [0.2, 0.25) is 0 Å². The average molecular weight is 328 g/mol. The molecule has 2 N–H and O–H groups in total. The zero-order chi connectivity index (χ0) is 16.7. The number of nitrogens with one attached hydrogen (secondary N) is 1. The third-order valence-electron chi connectivity index (χ3n) is 5.80. The summed E-state index contributed by atoms with van der Waals surface area (Å²) in [6.07, 6.45) is 7.61. The fourth-order valence-electron chi connectivity index (χ4n) is 4.45. The number of quaternary nitrogens is 1. The highest BCUT2D eigenvalue weighted by atomic mass is 16.4. The van der Waals surface area contributed by atoms with Crippen molar-refractivity contribution in [1.29, 1.82) is 0 Å². The molecular weight excluding hydrogens is 302 g/mol. The van der Waals surface area contributed by atoms with Gasteiger partial charge in [-0.1, -0.05) is 0 Å². The molecule has 1 aliphatic heterocycles. The molecule has 1 fully saturated rings. The number of fused-ring (bicyclic) bond motifs is 3. The van der Waals surface area contributed by atoms with Gasteiger partial charge < -0.3 is 14.4 Å². The number of phenols is 1. The molecule has 128 valence electrons. The number of piperidine rings is 1. The van der Waals surface area contributed by atoms with Crippen LogP contribution in [0.15, 0.2) is 15.3 Å². The van der Waals surface area contributed by atoms with Gasteiger partial charge in [-0.25, -0.2) is 4.79 Å². The molecule has 2 aromatic rings. The molecule has 1 aliphatic carbocycles. The summed E-state index contributed by atoms with van der Waals surface area (Å²) >= 11 is 0. The van der Waals surface area contributed by atoms with Gasteiger partial charge in [0, 0.05) is 5.56 Å². The predicted octanol–water partition coefficient (Wildman–Crippen LogP) is 2.25. The molecule has 0 unspecified atom stereocenters. The van der Waals surface area contributed by atoms with Gasteiger partial charge in [-0.2, -0.15) is 0 Å². The predicted molar refractivity (Wildman–Crippen MR) is 93.8 cm³/mol. The molecule has 0 amide bonds. The van der Waals surface area contributed by atoms with Crippen molar-refractivity contribution in [3.05, 3.63) is 38.7 Å². The van der Waals surface area contributed by atoms with Gasteiger partial charge >= 0.3 is 5.63 Å². The number of phenolic OH excluding ortho intramolecular Hbond substituents is 1. The molecule has 0 atom stereocenters. The number of hydrogen-bond acceptors (Lipinski definition) is 3. The Labute approximate surface area is 142 Å². The minimum Gasteiger partial charge on any atom is -0.507 e. The van der Waals surface area contributed by atoms with Crippen LogP contribution >= 0.6 is 0 Å². The first-order valence-corrected chi connectivity index (χ1v) is 9.28. The van der Waals surface area contributed by atoms with Gasteiger partial charge in [0.1, 0.15) is 17.9 Å². The van der Waals surface area contributed by atoms with Crippen LogP contribution in [0.25, 0.3) is 11.0 Å². The van der Waals surface area contributed by atoms with Crippen molar-refractivity contribution in [2.24, 2.45) is 0 Å². The van der Waals surface area contributed by atoms with Gasteiger partial charge in [-0.15, -0.1) is 0 Å². The molecule has 0 saturated carbocycles. The smallest absolute Gasteiger partial charge is 0.339 e. The summed E-state index contributed by atoms with van der Waals surface area (Å²) in [6, 6.07) is 1.95. The Hall–Kier alpha value is -1.81. The SMILES string of the molecule is Cc1cc2oc(=O)c3c(c2c(O)c1C[NH+]1CCCCC1)CCCC3. The van der Waals surface area contributed by atoms with Gasteiger partial charge in [0.05, 0.1) is 24.0 Å². The van der Waals surface area contributed by atoms with Crippen molar-refractivity contribution in [1.82, 2.24) is 0 Å². The van der Waals surface area contributed by atoms with E-state index in [1.807, 2.05) is 13.0 Å². The monoisotopic (exact) mass is 328 g/mol. The number of rotatable bonds is 2. The first kappa shape index (κ1) is 15.7. The van der Waals surface area contributed by atoms with E-state index in [9.17, 15) is 9.90 Å². The molecule has 0 radical (unpaired) electrons. The largest absolute Gasteiger partial charge is 0.507 e. The van der Waals surface area contributed by atoms with Gasteiger partial charge in [-0.05, 0) is 69.1 Å². The molecule has 4 nitrogen and oxygen atoms in total. The number of aryl methyl sites for hydroxylation is 2. The third-order valence-corrected chi connectivity index (χ3v) is 5.80. The van der Waals surface area contributed by atoms with Gasteiger partial charge in [-0.3, -0.25) is 0 Å². The molecule has 0 spiro atoms. The molecule has 24 heavy (non-hydrogen) atoms. The van der Waals surface area contributed by atoms with Crippen LogP contribution < -0.4 is 10.5 Å². The molecule has 2 aliphatic rings. The van der Waals surface area contributed by atoms with Crippen LogP contribution in [-0.2, 0) is 19.4 Å². The van der Waals surface area contributed by atoms with Crippen molar-refractivity contribution in [2.45, 2.75) is 58.4 Å². The summed E-state index contributed by atoms with van der Waals surface area (Å²) < 4.78 is 5.54. The lowest BCUT2D eigenvalue weighted by Gasteiger charge is -2.25. The Morgan fingerprint density at radius 2 is 1.79 bits per heavy atom. The summed E-state index contributed by atoms with van der Waals surface area (Å²) in [5.74, 6) is 0.352. The number of benzene rings is 1. The summed E-state index contributed by atoms with van der Waals surface area (Å²) in [6.45, 7) is 5.23. The Balaban J connectivity index is 1.86. The van der Waals surface area contributed by atoms with E-state index in [2.05, 4.69) is 0 Å². The summed E-state index contributed by atoms with van der Waals surface area (Å²) in [4.78, 5) is 13.8. The number of aromatic hydroxyl groups is 1. The van der Waals surface area contributed by atoms with E-state index in [1.54, 1.807) is 4.90 Å². The second-order valence-corrected chi connectivity index (χ2v) is 7.43. The fraction of sp³-hybridized carbons (Fsp3) is 0.550. The van der Waals surface area contributed by atoms with Gasteiger partial charge in [0.25, 0.3) is 0 Å². The molecular formula is C20H26NO3+. The highest BCUT2D eigenvalue weighted by Crippen LogP contribution is 2.36. The van der Waals surface area contributed by atoms with Crippen LogP contribution in [0, 0.1) is 6.92 Å². The lowest BCUT2D eigenvalue weighted by atomic mass is 9.89. The van der Waals surface area contributed by atoms with E-state index in [1.165, 1.54) is 32.4 Å². The van der Waals surface area contributed by atoms with Crippen molar-refractivity contribution in [3.8, 4) is 5.75 Å². The standard InChI is InChI=1S/C20H25NO3/c1-13-11-17-18(14-7-3-4-8-15(14)20(23)24-17)19(22)16(13)12-21-9-5-2-6-10-21/h11,22H,2-10,12H2,1H3/p+1. The van der Waals surface area contributed by atoms with E-state index in [0.717, 1.165) is 59.9 Å². The second kappa shape index (κ2) is 6.25. The molecule has 4 heteroatoms. The van der Waals surface area contributed by atoms with E-state index in [4.69, 9.17) is 4.42 Å². The quantitative estimate of drug-likeness (QED) is 0.832. The van der Waals surface area contributed by atoms with Crippen molar-refractivity contribution in [2.75, 3.05) is 13.1 Å². The maximum Gasteiger partial charge on any atom is 0.339 e. The Morgan fingerprint density at radius 1 is 1.08 bits per heavy atom. The number of hydrogen-bond donors (Lipinski definition) is 2. The van der Waals surface area contributed by atoms with Crippen LogP contribution in [0.4, 0.5) is 0 Å². The third kappa shape index (κ3) is 2.63. The van der Waals surface area contributed by atoms with Crippen LogP contribution in [0.5, 0.6) is 5.75 Å². The van der Waals surface area contributed by atoms with Crippen molar-refractivity contribution >= 4 is 11.0 Å². The van der Waals surface area contributed by atoms with E-state index >= 15 is 0 Å². The van der Waals surface area contributed by atoms with Gasteiger partial charge in [0.15, 0.2) is 0 Å². The highest BCUT2D eigenvalue weighted by molar-refractivity contribution is 5.89. The fourth-order valence-corrected chi connectivity index (χ4v) is 4.45. The van der Waals surface area contributed by atoms with Crippen LogP contribution in [-0.4, -0.2) is 18.2 Å². The molecule has 0 bridgehead atoms. The first-order valence-electron chi connectivity index (χ1n) is 9.28. The summed E-state index contributed by atoms with van der Waals surface area (Å²) in [5.41, 5.74) is 4.19. The average Bonchev–Trinajstić information content (AvgIpc) is 2.59. The minimum absolute atomic E-state index is 0.217. The van der Waals surface area contributed by atoms with Crippen molar-refractivity contribution in [3.63, 3.8) is 0 Å². The molecule has 2 heterocycles. The van der Waals surface area contributed by atoms with E-state index in [-0.39, 0.29) is 5.63 Å². The Bertz CT molecular complexity index is 831. The Kier molecular flexibility index (Phi) is 4.09. The molecule has 1 aromatic heterocycles. The number of likely N-dealkylation sites (tertiary alicyclic amines) is 1. The lowest BCUT2D eigenvalue weighted by Crippen LogP contribution is -3.11. The minimum atomic E-state index is -0.217. The van der Waals surface area contributed by atoms with E-state index < -0.39 is 0 Å². The first-order chi connectivity index (χ1) is 11.6. The van der Waals surface area contributed by atoms with Crippen molar-refractivity contribution < 1.29 is 14.4 Å². The summed E-state index contributed by atoms with van der Waals surface area (Å²) in [5, 5.41) is 11.8. The second-order valence-electron chi connectivity index (χ2n) is 7.43. The van der Waals surface area contributed by atoms with Crippen LogP contribution in [0.1, 0.15) is 54.4 Å². The highest BCUT2D eigenvalue weighted by Gasteiger charge is 2.24. The lowest BCUT2D eigenvalue weighted by molar-refractivity contribution is -0.918. The Morgan fingerprint density at radius 3 is 2.54 bits per heavy atom. The topological polar surface area (TPSA) is 54.9 Å². The van der Waals surface area contributed by atoms with Crippen LogP contribution in [0.3, 0.4) is 0 Å². The zero-order valence-corrected chi connectivity index (χ0v) is 14.4. The maximum absolute atomic E-state index is 12.2. The molecule has 1 aromatic carbocycles. The molecule has 1 saturated heterocycles. The van der Waals surface area contributed by atoms with Crippen LogP contribution in [0.2, 0.25) is 0 Å². The van der Waals surface area contributed by atoms with E-state index in [0.29, 0.717) is 11.3 Å². The molecule has 4 rings (SSSR count). The zero-order valence-electron chi connectivity index (χ0n) is 14.4. The maximum atomic E-state index is 12.2. The normalized spacial score (nSPS) is 18.7. The summed E-state index contributed by atoms with van der Waals surface area (Å²) in [7, 11) is 0.